The van der Waals surface area contributed by atoms with Gasteiger partial charge in [-0.15, -0.1) is 5.10 Å². The quantitative estimate of drug-likeness (QED) is 0.854. The number of nitrogens with zero attached hydrogens (tertiary/aromatic N) is 2. The van der Waals surface area contributed by atoms with E-state index in [1.165, 1.54) is 0 Å². The van der Waals surface area contributed by atoms with Crippen molar-refractivity contribution in [2.45, 2.75) is 37.4 Å². The van der Waals surface area contributed by atoms with Gasteiger partial charge >= 0.3 is 12.2 Å². The lowest BCUT2D eigenvalue weighted by Crippen LogP contribution is -2.59. The molecule has 1 aliphatic rings. The number of halogens is 3. The molecule has 1 saturated carbocycles. The standard InChI is InChI=1S/C9H11F3N4O2/c1-8(13,9(10,11)12)6(17)14-7-16-15-5(18-7)4-2-3-4/h4H,2-3,13H2,1H3,(H,14,16,17). The van der Waals surface area contributed by atoms with Crippen LogP contribution in [-0.2, 0) is 4.79 Å². The summed E-state index contributed by atoms with van der Waals surface area (Å²) < 4.78 is 42.4. The molecule has 0 bridgehead atoms. The van der Waals surface area contributed by atoms with Crippen molar-refractivity contribution in [2.75, 3.05) is 5.32 Å². The summed E-state index contributed by atoms with van der Waals surface area (Å²) in [7, 11) is 0. The van der Waals surface area contributed by atoms with E-state index in [-0.39, 0.29) is 11.9 Å². The second kappa shape index (κ2) is 3.94. The number of nitrogens with one attached hydrogen (secondary N) is 1. The molecule has 1 aromatic heterocycles. The number of carbonyl (C=O) groups is 1. The maximum atomic E-state index is 12.5. The summed E-state index contributed by atoms with van der Waals surface area (Å²) in [6, 6.07) is -0.372. The van der Waals surface area contributed by atoms with Crippen LogP contribution in [0.3, 0.4) is 0 Å². The van der Waals surface area contributed by atoms with Gasteiger partial charge in [0.15, 0.2) is 5.54 Å². The minimum absolute atomic E-state index is 0.148. The van der Waals surface area contributed by atoms with Crippen molar-refractivity contribution < 1.29 is 22.4 Å². The summed E-state index contributed by atoms with van der Waals surface area (Å²) in [6.45, 7) is 0.570. The number of amides is 1. The van der Waals surface area contributed by atoms with Crippen LogP contribution < -0.4 is 11.1 Å². The lowest BCUT2D eigenvalue weighted by Gasteiger charge is -2.25. The molecule has 0 saturated heterocycles. The van der Waals surface area contributed by atoms with E-state index in [1.807, 2.05) is 5.32 Å². The summed E-state index contributed by atoms with van der Waals surface area (Å²) >= 11 is 0. The van der Waals surface area contributed by atoms with Gasteiger partial charge in [0.2, 0.25) is 5.89 Å². The van der Waals surface area contributed by atoms with E-state index >= 15 is 0 Å². The number of alkyl halides is 3. The average molecular weight is 264 g/mol. The van der Waals surface area contributed by atoms with Gasteiger partial charge in [-0.1, -0.05) is 5.10 Å². The Balaban J connectivity index is 2.06. The number of nitrogens with two attached hydrogens (primary N) is 1. The summed E-state index contributed by atoms with van der Waals surface area (Å²) in [5.74, 6) is -0.980. The Bertz CT molecular complexity index is 465. The Labute approximate surface area is 99.7 Å². The monoisotopic (exact) mass is 264 g/mol. The van der Waals surface area contributed by atoms with Gasteiger partial charge in [-0.2, -0.15) is 13.2 Å². The molecule has 100 valence electrons. The molecule has 18 heavy (non-hydrogen) atoms. The molecule has 1 heterocycles. The summed E-state index contributed by atoms with van der Waals surface area (Å²) in [6.07, 6.45) is -3.07. The predicted octanol–water partition coefficient (Wildman–Crippen LogP) is 1.17. The highest BCUT2D eigenvalue weighted by Gasteiger charge is 2.54. The van der Waals surface area contributed by atoms with Crippen molar-refractivity contribution in [1.29, 1.82) is 0 Å². The van der Waals surface area contributed by atoms with Crippen molar-refractivity contribution in [2.24, 2.45) is 5.73 Å². The van der Waals surface area contributed by atoms with Crippen LogP contribution in [0.4, 0.5) is 19.2 Å². The Morgan fingerprint density at radius 2 is 2.06 bits per heavy atom. The Hall–Kier alpha value is -1.64. The van der Waals surface area contributed by atoms with E-state index in [0.717, 1.165) is 12.8 Å². The largest absolute Gasteiger partial charge is 0.415 e. The van der Waals surface area contributed by atoms with Crippen LogP contribution in [0.5, 0.6) is 0 Å². The fraction of sp³-hybridized carbons (Fsp3) is 0.667. The van der Waals surface area contributed by atoms with Crippen molar-refractivity contribution in [1.82, 2.24) is 10.2 Å². The molecule has 0 radical (unpaired) electrons. The molecule has 1 atom stereocenters. The van der Waals surface area contributed by atoms with Crippen LogP contribution in [0.15, 0.2) is 4.42 Å². The topological polar surface area (TPSA) is 94.0 Å². The first-order valence-electron chi connectivity index (χ1n) is 5.22. The van der Waals surface area contributed by atoms with E-state index in [2.05, 4.69) is 10.2 Å². The molecular formula is C9H11F3N4O2. The molecule has 1 aromatic rings. The van der Waals surface area contributed by atoms with Gasteiger partial charge < -0.3 is 10.2 Å². The SMILES string of the molecule is CC(N)(C(=O)Nc1nnc(C2CC2)o1)C(F)(F)F. The van der Waals surface area contributed by atoms with Gasteiger partial charge in [0.25, 0.3) is 5.91 Å². The summed E-state index contributed by atoms with van der Waals surface area (Å²) in [4.78, 5) is 11.4. The van der Waals surface area contributed by atoms with Crippen LogP contribution in [0.25, 0.3) is 0 Å². The third-order valence-corrected chi connectivity index (χ3v) is 2.65. The number of hydrogen-bond acceptors (Lipinski definition) is 5. The molecule has 1 unspecified atom stereocenters. The maximum absolute atomic E-state index is 12.5. The van der Waals surface area contributed by atoms with Gasteiger partial charge in [-0.25, -0.2) is 0 Å². The minimum atomic E-state index is -4.86. The summed E-state index contributed by atoms with van der Waals surface area (Å²) in [5.41, 5.74) is 1.92. The van der Waals surface area contributed by atoms with Gasteiger partial charge in [0, 0.05) is 5.92 Å². The van der Waals surface area contributed by atoms with Gasteiger partial charge in [-0.3, -0.25) is 10.1 Å². The van der Waals surface area contributed by atoms with Crippen molar-refractivity contribution >= 4 is 11.9 Å². The smallest absolute Gasteiger partial charge is 0.408 e. The third kappa shape index (κ3) is 2.30. The van der Waals surface area contributed by atoms with Crippen LogP contribution >= 0.6 is 0 Å². The van der Waals surface area contributed by atoms with Crippen molar-refractivity contribution in [3.63, 3.8) is 0 Å². The molecular weight excluding hydrogens is 253 g/mol. The molecule has 1 amide bonds. The highest BCUT2D eigenvalue weighted by molar-refractivity contribution is 5.96. The molecule has 6 nitrogen and oxygen atoms in total. The van der Waals surface area contributed by atoms with E-state index in [0.29, 0.717) is 12.8 Å². The van der Waals surface area contributed by atoms with E-state index in [4.69, 9.17) is 10.2 Å². The Kier molecular flexibility index (Phi) is 2.80. The molecule has 0 aliphatic heterocycles. The molecule has 0 aromatic carbocycles. The average Bonchev–Trinajstić information content (AvgIpc) is 2.98. The molecule has 1 aliphatic carbocycles. The molecule has 2 rings (SSSR count). The van der Waals surface area contributed by atoms with Gasteiger partial charge in [0.1, 0.15) is 0 Å². The zero-order chi connectivity index (χ0) is 13.6. The van der Waals surface area contributed by atoms with Crippen molar-refractivity contribution in [3.8, 4) is 0 Å². The van der Waals surface area contributed by atoms with Crippen LogP contribution in [0.2, 0.25) is 0 Å². The highest BCUT2D eigenvalue weighted by atomic mass is 19.4. The number of carbonyl (C=O) groups excluding carboxylic acids is 1. The van der Waals surface area contributed by atoms with E-state index < -0.39 is 17.6 Å². The number of anilines is 1. The molecule has 0 spiro atoms. The van der Waals surface area contributed by atoms with Crippen molar-refractivity contribution in [3.05, 3.63) is 5.89 Å². The molecule has 1 fully saturated rings. The summed E-state index contributed by atoms with van der Waals surface area (Å²) in [5, 5.41) is 8.93. The predicted molar refractivity (Wildman–Crippen MR) is 53.6 cm³/mol. The van der Waals surface area contributed by atoms with E-state index in [1.54, 1.807) is 0 Å². The Morgan fingerprint density at radius 1 is 1.44 bits per heavy atom. The number of hydrogen-bond donors (Lipinski definition) is 2. The normalized spacial score (nSPS) is 19.4. The zero-order valence-corrected chi connectivity index (χ0v) is 9.41. The fourth-order valence-electron chi connectivity index (χ4n) is 1.14. The Morgan fingerprint density at radius 3 is 2.56 bits per heavy atom. The minimum Gasteiger partial charge on any atom is -0.408 e. The van der Waals surface area contributed by atoms with Gasteiger partial charge in [-0.05, 0) is 19.8 Å². The highest BCUT2D eigenvalue weighted by Crippen LogP contribution is 2.39. The van der Waals surface area contributed by atoms with Crippen LogP contribution in [0, 0.1) is 0 Å². The first-order valence-corrected chi connectivity index (χ1v) is 5.22. The van der Waals surface area contributed by atoms with Crippen LogP contribution in [0.1, 0.15) is 31.6 Å². The number of rotatable bonds is 3. The third-order valence-electron chi connectivity index (χ3n) is 2.65. The van der Waals surface area contributed by atoms with Gasteiger partial charge in [0.05, 0.1) is 0 Å². The molecule has 9 heteroatoms. The maximum Gasteiger partial charge on any atom is 0.415 e. The second-order valence-electron chi connectivity index (χ2n) is 4.37. The molecule has 3 N–H and O–H groups in total. The van der Waals surface area contributed by atoms with E-state index in [9.17, 15) is 18.0 Å². The first-order chi connectivity index (χ1) is 8.22. The zero-order valence-electron chi connectivity index (χ0n) is 9.41. The first kappa shape index (κ1) is 12.8. The fourth-order valence-corrected chi connectivity index (χ4v) is 1.14. The lowest BCUT2D eigenvalue weighted by atomic mass is 10.0. The van der Waals surface area contributed by atoms with Crippen LogP contribution in [-0.4, -0.2) is 27.8 Å². The number of aromatic nitrogens is 2. The lowest BCUT2D eigenvalue weighted by molar-refractivity contribution is -0.184. The second-order valence-corrected chi connectivity index (χ2v) is 4.37.